The van der Waals surface area contributed by atoms with E-state index in [-0.39, 0.29) is 0 Å². The number of likely N-dealkylation sites (tertiary alicyclic amines) is 1. The fraction of sp³-hybridized carbons (Fsp3) is 1.00. The van der Waals surface area contributed by atoms with Crippen LogP contribution in [0.3, 0.4) is 0 Å². The van der Waals surface area contributed by atoms with Gasteiger partial charge < -0.3 is 20.1 Å². The lowest BCUT2D eigenvalue weighted by molar-refractivity contribution is -0.0225. The molecule has 1 heterocycles. The van der Waals surface area contributed by atoms with Crippen LogP contribution in [-0.4, -0.2) is 62.6 Å². The van der Waals surface area contributed by atoms with E-state index >= 15 is 0 Å². The van der Waals surface area contributed by atoms with Crippen LogP contribution in [0.4, 0.5) is 0 Å². The topological polar surface area (TPSA) is 44.7 Å². The van der Waals surface area contributed by atoms with Crippen LogP contribution in [-0.2, 0) is 4.74 Å². The Morgan fingerprint density at radius 2 is 2.07 bits per heavy atom. The number of likely N-dealkylation sites (N-methyl/N-ethyl adjacent to an activating group) is 1. The number of aliphatic hydroxyl groups is 1. The van der Waals surface area contributed by atoms with E-state index in [1.54, 1.807) is 7.11 Å². The van der Waals surface area contributed by atoms with Gasteiger partial charge in [-0.25, -0.2) is 0 Å². The van der Waals surface area contributed by atoms with Crippen molar-refractivity contribution in [3.63, 3.8) is 0 Å². The predicted molar refractivity (Wildman–Crippen MR) is 56.4 cm³/mol. The smallest absolute Gasteiger partial charge is 0.0795 e. The van der Waals surface area contributed by atoms with Crippen molar-refractivity contribution in [1.29, 1.82) is 0 Å². The van der Waals surface area contributed by atoms with E-state index in [2.05, 4.69) is 10.2 Å². The van der Waals surface area contributed by atoms with Crippen LogP contribution in [0, 0.1) is 0 Å². The summed E-state index contributed by atoms with van der Waals surface area (Å²) in [4.78, 5) is 2.34. The Labute approximate surface area is 86.2 Å². The van der Waals surface area contributed by atoms with Gasteiger partial charge in [0, 0.05) is 33.3 Å². The van der Waals surface area contributed by atoms with Gasteiger partial charge in [0.1, 0.15) is 0 Å². The van der Waals surface area contributed by atoms with Crippen molar-refractivity contribution in [2.45, 2.75) is 18.4 Å². The van der Waals surface area contributed by atoms with Gasteiger partial charge >= 0.3 is 0 Å². The minimum Gasteiger partial charge on any atom is -0.388 e. The molecular formula is C10H22N2O2. The molecular weight excluding hydrogens is 180 g/mol. The van der Waals surface area contributed by atoms with E-state index in [1.165, 1.54) is 0 Å². The highest BCUT2D eigenvalue weighted by atomic mass is 16.5. The van der Waals surface area contributed by atoms with Gasteiger partial charge in [-0.05, 0) is 19.9 Å². The van der Waals surface area contributed by atoms with Gasteiger partial charge in [0.25, 0.3) is 0 Å². The summed E-state index contributed by atoms with van der Waals surface area (Å²) in [7, 11) is 3.61. The number of hydrogen-bond acceptors (Lipinski definition) is 4. The molecule has 0 radical (unpaired) electrons. The Morgan fingerprint density at radius 3 is 2.57 bits per heavy atom. The van der Waals surface area contributed by atoms with E-state index in [0.29, 0.717) is 6.54 Å². The lowest BCUT2D eigenvalue weighted by Crippen LogP contribution is -2.49. The second-order valence-corrected chi connectivity index (χ2v) is 4.09. The molecule has 0 bridgehead atoms. The van der Waals surface area contributed by atoms with Crippen molar-refractivity contribution >= 4 is 0 Å². The molecule has 0 spiro atoms. The van der Waals surface area contributed by atoms with Gasteiger partial charge in [-0.15, -0.1) is 0 Å². The zero-order valence-corrected chi connectivity index (χ0v) is 9.25. The summed E-state index contributed by atoms with van der Waals surface area (Å²) in [6.45, 7) is 4.41. The van der Waals surface area contributed by atoms with E-state index < -0.39 is 5.60 Å². The molecule has 2 N–H and O–H groups in total. The number of nitrogens with zero attached hydrogens (tertiary/aromatic N) is 1. The second-order valence-electron chi connectivity index (χ2n) is 4.09. The lowest BCUT2D eigenvalue weighted by Gasteiger charge is -2.38. The standard InChI is InChI=1S/C10H22N2O2/c1-11-9-10(13)3-5-12(6-4-10)7-8-14-2/h11,13H,3-9H2,1-2H3. The average Bonchev–Trinajstić information content (AvgIpc) is 2.17. The third-order valence-electron chi connectivity index (χ3n) is 2.90. The van der Waals surface area contributed by atoms with E-state index in [0.717, 1.165) is 39.1 Å². The Morgan fingerprint density at radius 1 is 1.43 bits per heavy atom. The molecule has 1 fully saturated rings. The third-order valence-corrected chi connectivity index (χ3v) is 2.90. The molecule has 0 saturated carbocycles. The molecule has 4 nitrogen and oxygen atoms in total. The molecule has 1 rings (SSSR count). The highest BCUT2D eigenvalue weighted by molar-refractivity contribution is 4.87. The summed E-state index contributed by atoms with van der Waals surface area (Å²) in [5, 5.41) is 13.1. The maximum atomic E-state index is 10.1. The van der Waals surface area contributed by atoms with Gasteiger partial charge in [0.05, 0.1) is 12.2 Å². The molecule has 0 atom stereocenters. The molecule has 1 aliphatic rings. The summed E-state index contributed by atoms with van der Waals surface area (Å²) in [5.74, 6) is 0. The number of piperidine rings is 1. The highest BCUT2D eigenvalue weighted by Gasteiger charge is 2.31. The predicted octanol–water partition coefficient (Wildman–Crippen LogP) is -0.321. The number of hydrogen-bond donors (Lipinski definition) is 2. The minimum atomic E-state index is -0.488. The molecule has 1 aliphatic heterocycles. The zero-order valence-electron chi connectivity index (χ0n) is 9.25. The van der Waals surface area contributed by atoms with Gasteiger partial charge in [0.2, 0.25) is 0 Å². The maximum absolute atomic E-state index is 10.1. The summed E-state index contributed by atoms with van der Waals surface area (Å²) in [6.07, 6.45) is 1.72. The number of rotatable bonds is 5. The van der Waals surface area contributed by atoms with E-state index in [4.69, 9.17) is 4.74 Å². The molecule has 0 aromatic carbocycles. The molecule has 0 aromatic heterocycles. The largest absolute Gasteiger partial charge is 0.388 e. The SMILES string of the molecule is CNCC1(O)CCN(CCOC)CC1. The summed E-state index contributed by atoms with van der Waals surface area (Å²) in [6, 6.07) is 0. The van der Waals surface area contributed by atoms with Crippen molar-refractivity contribution in [3.8, 4) is 0 Å². The fourth-order valence-corrected chi connectivity index (χ4v) is 1.92. The highest BCUT2D eigenvalue weighted by Crippen LogP contribution is 2.20. The van der Waals surface area contributed by atoms with Crippen molar-refractivity contribution in [2.24, 2.45) is 0 Å². The minimum absolute atomic E-state index is 0.488. The molecule has 84 valence electrons. The average molecular weight is 202 g/mol. The van der Waals surface area contributed by atoms with Crippen LogP contribution in [0.5, 0.6) is 0 Å². The van der Waals surface area contributed by atoms with Gasteiger partial charge in [-0.1, -0.05) is 0 Å². The molecule has 0 aromatic rings. The molecule has 4 heteroatoms. The van der Waals surface area contributed by atoms with Crippen LogP contribution < -0.4 is 5.32 Å². The van der Waals surface area contributed by atoms with Gasteiger partial charge in [0.15, 0.2) is 0 Å². The molecule has 0 aliphatic carbocycles. The quantitative estimate of drug-likeness (QED) is 0.641. The Kier molecular flexibility index (Phi) is 4.81. The molecule has 0 unspecified atom stereocenters. The second kappa shape index (κ2) is 5.66. The zero-order chi connectivity index (χ0) is 10.4. The Bertz CT molecular complexity index is 156. The van der Waals surface area contributed by atoms with Crippen molar-refractivity contribution in [2.75, 3.05) is 46.9 Å². The molecule has 0 amide bonds. The maximum Gasteiger partial charge on any atom is 0.0795 e. The first kappa shape index (κ1) is 11.9. The first-order valence-electron chi connectivity index (χ1n) is 5.28. The van der Waals surface area contributed by atoms with Crippen LogP contribution in [0.2, 0.25) is 0 Å². The Balaban J connectivity index is 2.23. The third kappa shape index (κ3) is 3.53. The first-order valence-corrected chi connectivity index (χ1v) is 5.28. The van der Waals surface area contributed by atoms with Crippen molar-refractivity contribution in [1.82, 2.24) is 10.2 Å². The van der Waals surface area contributed by atoms with Crippen LogP contribution in [0.15, 0.2) is 0 Å². The van der Waals surface area contributed by atoms with E-state index in [1.807, 2.05) is 7.05 Å². The Hall–Kier alpha value is -0.160. The fourth-order valence-electron chi connectivity index (χ4n) is 1.92. The lowest BCUT2D eigenvalue weighted by atomic mass is 9.91. The van der Waals surface area contributed by atoms with Crippen LogP contribution in [0.1, 0.15) is 12.8 Å². The van der Waals surface area contributed by atoms with Gasteiger partial charge in [-0.2, -0.15) is 0 Å². The number of nitrogens with one attached hydrogen (secondary N) is 1. The number of methoxy groups -OCH3 is 1. The first-order chi connectivity index (χ1) is 6.70. The summed E-state index contributed by atoms with van der Waals surface area (Å²) < 4.78 is 5.03. The molecule has 1 saturated heterocycles. The van der Waals surface area contributed by atoms with E-state index in [9.17, 15) is 5.11 Å². The van der Waals surface area contributed by atoms with Crippen molar-refractivity contribution in [3.05, 3.63) is 0 Å². The summed E-state index contributed by atoms with van der Waals surface area (Å²) in [5.41, 5.74) is -0.488. The monoisotopic (exact) mass is 202 g/mol. The normalized spacial score (nSPS) is 22.5. The number of ether oxygens (including phenoxy) is 1. The summed E-state index contributed by atoms with van der Waals surface area (Å²) >= 11 is 0. The van der Waals surface area contributed by atoms with Crippen LogP contribution in [0.25, 0.3) is 0 Å². The van der Waals surface area contributed by atoms with Crippen LogP contribution >= 0.6 is 0 Å². The van der Waals surface area contributed by atoms with Crippen molar-refractivity contribution < 1.29 is 9.84 Å². The van der Waals surface area contributed by atoms with Gasteiger partial charge in [-0.3, -0.25) is 0 Å². The molecule has 14 heavy (non-hydrogen) atoms.